The first kappa shape index (κ1) is 20.5. The van der Waals surface area contributed by atoms with Crippen molar-refractivity contribution in [2.24, 2.45) is 0 Å². The summed E-state index contributed by atoms with van der Waals surface area (Å²) >= 11 is 12.1. The first-order valence-electron chi connectivity index (χ1n) is 7.76. The molecule has 0 amide bonds. The van der Waals surface area contributed by atoms with Crippen LogP contribution in [0.4, 0.5) is 11.4 Å². The number of hydrogen-bond donors (Lipinski definition) is 3. The Morgan fingerprint density at radius 1 is 1.00 bits per heavy atom. The minimum absolute atomic E-state index is 0.0910. The SMILES string of the molecule is CS(=O)(=O)Nc1ccc(C(=O)CNCCNc2c(Cl)cccc2Cl)cc1. The first-order chi connectivity index (χ1) is 12.3. The van der Waals surface area contributed by atoms with Crippen molar-refractivity contribution in [2.45, 2.75) is 0 Å². The number of Topliss-reactive ketones (excluding diaryl/α,β-unsaturated/α-hetero) is 1. The molecule has 0 radical (unpaired) electrons. The largest absolute Gasteiger partial charge is 0.381 e. The lowest BCUT2D eigenvalue weighted by atomic mass is 10.1. The molecule has 2 rings (SSSR count). The Balaban J connectivity index is 1.77. The molecule has 2 aromatic carbocycles. The summed E-state index contributed by atoms with van der Waals surface area (Å²) in [6, 6.07) is 11.5. The summed E-state index contributed by atoms with van der Waals surface area (Å²) in [4.78, 5) is 12.1. The Labute approximate surface area is 162 Å². The van der Waals surface area contributed by atoms with Crippen molar-refractivity contribution in [3.05, 3.63) is 58.1 Å². The molecule has 2 aromatic rings. The van der Waals surface area contributed by atoms with E-state index in [1.165, 1.54) is 0 Å². The number of para-hydroxylation sites is 1. The maximum atomic E-state index is 12.1. The van der Waals surface area contributed by atoms with Gasteiger partial charge in [-0.3, -0.25) is 9.52 Å². The number of sulfonamides is 1. The van der Waals surface area contributed by atoms with Crippen LogP contribution in [0.1, 0.15) is 10.4 Å². The van der Waals surface area contributed by atoms with Gasteiger partial charge in [0.2, 0.25) is 10.0 Å². The van der Waals surface area contributed by atoms with Crippen LogP contribution in [-0.4, -0.2) is 40.1 Å². The van der Waals surface area contributed by atoms with Crippen molar-refractivity contribution in [3.8, 4) is 0 Å². The molecule has 0 spiro atoms. The lowest BCUT2D eigenvalue weighted by Gasteiger charge is -2.11. The van der Waals surface area contributed by atoms with Crippen LogP contribution in [0.15, 0.2) is 42.5 Å². The van der Waals surface area contributed by atoms with Gasteiger partial charge in [-0.05, 0) is 36.4 Å². The quantitative estimate of drug-likeness (QED) is 0.432. The lowest BCUT2D eigenvalue weighted by Crippen LogP contribution is -2.28. The van der Waals surface area contributed by atoms with Gasteiger partial charge in [0.05, 0.1) is 28.5 Å². The van der Waals surface area contributed by atoms with Gasteiger partial charge in [-0.25, -0.2) is 8.42 Å². The summed E-state index contributed by atoms with van der Waals surface area (Å²) in [7, 11) is -3.33. The third-order valence-corrected chi connectivity index (χ3v) is 4.60. The van der Waals surface area contributed by atoms with Gasteiger partial charge in [-0.1, -0.05) is 29.3 Å². The molecule has 0 aliphatic carbocycles. The second-order valence-corrected chi connectivity index (χ2v) is 8.14. The third-order valence-electron chi connectivity index (χ3n) is 3.36. The number of hydrogen-bond acceptors (Lipinski definition) is 5. The van der Waals surface area contributed by atoms with Crippen LogP contribution in [0.3, 0.4) is 0 Å². The minimum Gasteiger partial charge on any atom is -0.381 e. The van der Waals surface area contributed by atoms with Crippen molar-refractivity contribution in [1.29, 1.82) is 0 Å². The molecule has 26 heavy (non-hydrogen) atoms. The molecule has 140 valence electrons. The molecule has 9 heteroatoms. The molecule has 0 saturated carbocycles. The maximum Gasteiger partial charge on any atom is 0.229 e. The second kappa shape index (κ2) is 9.23. The standard InChI is InChI=1S/C17H19Cl2N3O3S/c1-26(24,25)22-13-7-5-12(6-8-13)16(23)11-20-9-10-21-17-14(18)3-2-4-15(17)19/h2-8,20-22H,9-11H2,1H3. The van der Waals surface area contributed by atoms with E-state index < -0.39 is 10.0 Å². The van der Waals surface area contributed by atoms with Crippen LogP contribution in [0.25, 0.3) is 0 Å². The van der Waals surface area contributed by atoms with Gasteiger partial charge >= 0.3 is 0 Å². The van der Waals surface area contributed by atoms with E-state index in [1.54, 1.807) is 42.5 Å². The molecule has 0 fully saturated rings. The van der Waals surface area contributed by atoms with Crippen molar-refractivity contribution in [1.82, 2.24) is 5.32 Å². The average Bonchev–Trinajstić information content (AvgIpc) is 2.56. The van der Waals surface area contributed by atoms with Gasteiger partial charge in [0.1, 0.15) is 0 Å². The highest BCUT2D eigenvalue weighted by Gasteiger charge is 2.07. The first-order valence-corrected chi connectivity index (χ1v) is 10.4. The fraction of sp³-hybridized carbons (Fsp3) is 0.235. The average molecular weight is 416 g/mol. The normalized spacial score (nSPS) is 11.2. The topological polar surface area (TPSA) is 87.3 Å². The van der Waals surface area contributed by atoms with Gasteiger partial charge in [-0.15, -0.1) is 0 Å². The van der Waals surface area contributed by atoms with Crippen molar-refractivity contribution < 1.29 is 13.2 Å². The zero-order valence-electron chi connectivity index (χ0n) is 14.1. The molecule has 0 atom stereocenters. The molecule has 0 heterocycles. The molecule has 6 nitrogen and oxygen atoms in total. The summed E-state index contributed by atoms with van der Waals surface area (Å²) in [5.74, 6) is -0.0910. The van der Waals surface area contributed by atoms with E-state index in [2.05, 4.69) is 15.4 Å². The van der Waals surface area contributed by atoms with E-state index >= 15 is 0 Å². The van der Waals surface area contributed by atoms with Gasteiger partial charge in [0.15, 0.2) is 5.78 Å². The fourth-order valence-electron chi connectivity index (χ4n) is 2.18. The van der Waals surface area contributed by atoms with E-state index in [0.29, 0.717) is 40.1 Å². The van der Waals surface area contributed by atoms with Gasteiger partial charge in [0.25, 0.3) is 0 Å². The summed E-state index contributed by atoms with van der Waals surface area (Å²) in [6.07, 6.45) is 1.07. The van der Waals surface area contributed by atoms with Crippen LogP contribution in [-0.2, 0) is 10.0 Å². The van der Waals surface area contributed by atoms with E-state index in [4.69, 9.17) is 23.2 Å². The Kier molecular flexibility index (Phi) is 7.28. The van der Waals surface area contributed by atoms with Gasteiger partial charge in [0, 0.05) is 24.3 Å². The highest BCUT2D eigenvalue weighted by atomic mass is 35.5. The smallest absolute Gasteiger partial charge is 0.229 e. The van der Waals surface area contributed by atoms with Gasteiger partial charge in [-0.2, -0.15) is 0 Å². The third kappa shape index (κ3) is 6.49. The lowest BCUT2D eigenvalue weighted by molar-refractivity contribution is 0.0991. The highest BCUT2D eigenvalue weighted by molar-refractivity contribution is 7.92. The summed E-state index contributed by atoms with van der Waals surface area (Å²) < 4.78 is 24.7. The van der Waals surface area contributed by atoms with E-state index in [-0.39, 0.29) is 12.3 Å². The molecule has 0 aliphatic rings. The number of ketones is 1. The Morgan fingerprint density at radius 3 is 2.19 bits per heavy atom. The number of anilines is 2. The van der Waals surface area contributed by atoms with Gasteiger partial charge < -0.3 is 10.6 Å². The molecule has 0 unspecified atom stereocenters. The summed E-state index contributed by atoms with van der Waals surface area (Å²) in [6.45, 7) is 1.26. The van der Waals surface area contributed by atoms with Crippen LogP contribution in [0.5, 0.6) is 0 Å². The van der Waals surface area contributed by atoms with Crippen LogP contribution in [0.2, 0.25) is 10.0 Å². The number of carbonyl (C=O) groups excluding carboxylic acids is 1. The zero-order chi connectivity index (χ0) is 19.2. The second-order valence-electron chi connectivity index (χ2n) is 5.57. The van der Waals surface area contributed by atoms with Crippen LogP contribution >= 0.6 is 23.2 Å². The predicted octanol–water partition coefficient (Wildman–Crippen LogP) is 3.25. The number of halogens is 2. The molecular weight excluding hydrogens is 397 g/mol. The summed E-state index contributed by atoms with van der Waals surface area (Å²) in [5.41, 5.74) is 1.58. The zero-order valence-corrected chi connectivity index (χ0v) is 16.4. The summed E-state index contributed by atoms with van der Waals surface area (Å²) in [5, 5.41) is 7.23. The molecule has 0 bridgehead atoms. The maximum absolute atomic E-state index is 12.1. The predicted molar refractivity (Wildman–Crippen MR) is 107 cm³/mol. The van der Waals surface area contributed by atoms with Crippen molar-refractivity contribution in [2.75, 3.05) is 35.9 Å². The number of nitrogens with one attached hydrogen (secondary N) is 3. The highest BCUT2D eigenvalue weighted by Crippen LogP contribution is 2.29. The van der Waals surface area contributed by atoms with E-state index in [9.17, 15) is 13.2 Å². The van der Waals surface area contributed by atoms with Crippen LogP contribution in [0, 0.1) is 0 Å². The molecule has 0 aromatic heterocycles. The monoisotopic (exact) mass is 415 g/mol. The molecule has 0 aliphatic heterocycles. The van der Waals surface area contributed by atoms with Crippen molar-refractivity contribution in [3.63, 3.8) is 0 Å². The van der Waals surface area contributed by atoms with E-state index in [0.717, 1.165) is 6.26 Å². The number of benzene rings is 2. The van der Waals surface area contributed by atoms with Crippen LogP contribution < -0.4 is 15.4 Å². The number of rotatable bonds is 9. The Morgan fingerprint density at radius 2 is 1.62 bits per heavy atom. The fourth-order valence-corrected chi connectivity index (χ4v) is 3.28. The van der Waals surface area contributed by atoms with E-state index in [1.807, 2.05) is 0 Å². The molecule has 3 N–H and O–H groups in total. The van der Waals surface area contributed by atoms with Crippen molar-refractivity contribution >= 4 is 50.4 Å². The Bertz CT molecular complexity index is 851. The minimum atomic E-state index is -3.33. The Hall–Kier alpha value is -1.80. The molecule has 0 saturated heterocycles. The number of carbonyl (C=O) groups is 1. The molecular formula is C17H19Cl2N3O3S.